The number of amides is 2. The van der Waals surface area contributed by atoms with Gasteiger partial charge in [-0.15, -0.1) is 0 Å². The maximum atomic E-state index is 14.8. The first-order valence-corrected chi connectivity index (χ1v) is 48.4. The normalized spacial score (nSPS) is 16.0. The number of halogens is 2. The minimum absolute atomic E-state index is 0.0325. The standard InChI is InChI=1S/2C27H26FN9.C25H27N9O.C24H25N9O/c2*1-15-18(12-31-21-4-2-3-20(28)26(15)21)22-9-16-10-23(32-13-19(16)27(29)33-22)34-24-11-17-5-7-36-8-6-30-25(36)14-37(17)35-24;1-14-17(11-28-19-4-3-6-27-24(14)19)20-8-15-9-21(29-12-18(15)25(26)30-20)31-22-10-16-5-7-33(2)23(35)13-34(16)32-22;1-13-16(10-28-18-3-2-5-27-23(13)18)19-7-14-8-20(29-11-17(14)24(25)30-19)31-21-9-15-4-6-26-22(34)12-33(15)32-21/h2*6,8-13,20H,2-5,7,14H2,1H3,(H2,29,33)(H,32,34,35);8-12,27H,3-7,13H2,1-2H3,(H2,26,30)(H,29,31,32);7-11,27H,2-6,12H2,1H3,(H2,25,30)(H,26,34)(H,29,31,32)/t2*20-;;/m10../s1. The molecule has 0 aromatic carbocycles. The number of aromatic nitrogens is 24. The summed E-state index contributed by atoms with van der Waals surface area (Å²) in [4.78, 5) is 89.8. The number of carbonyl (C=O) groups is 2. The molecule has 24 heterocycles. The van der Waals surface area contributed by atoms with Crippen molar-refractivity contribution in [2.45, 2.75) is 169 Å². The van der Waals surface area contributed by atoms with Gasteiger partial charge in [0.25, 0.3) is 0 Å². The molecule has 26 rings (SSSR count). The van der Waals surface area contributed by atoms with Gasteiger partial charge >= 0.3 is 0 Å². The van der Waals surface area contributed by atoms with Crippen molar-refractivity contribution >= 4 is 136 Å². The average molecular weight is 1920 g/mol. The van der Waals surface area contributed by atoms with Crippen LogP contribution < -0.4 is 60.2 Å². The zero-order valence-electron chi connectivity index (χ0n) is 79.5. The lowest BCUT2D eigenvalue weighted by atomic mass is 9.88. The predicted molar refractivity (Wildman–Crippen MR) is 545 cm³/mol. The van der Waals surface area contributed by atoms with E-state index in [0.29, 0.717) is 120 Å². The van der Waals surface area contributed by atoms with Crippen LogP contribution in [0.4, 0.5) is 90.0 Å². The van der Waals surface area contributed by atoms with E-state index in [4.69, 9.17) is 33.1 Å². The van der Waals surface area contributed by atoms with Gasteiger partial charge in [0.05, 0.1) is 58.6 Å². The molecule has 15 N–H and O–H groups in total. The fourth-order valence-corrected chi connectivity index (χ4v) is 20.7. The average Bonchev–Trinajstić information content (AvgIpc) is 1.76. The summed E-state index contributed by atoms with van der Waals surface area (Å²) in [6.45, 7) is 14.8. The molecule has 2 aliphatic carbocycles. The van der Waals surface area contributed by atoms with Crippen LogP contribution in [0.1, 0.15) is 141 Å². The number of pyridine rings is 12. The molecule has 0 bridgehead atoms. The molecular weight excluding hydrogens is 1810 g/mol. The van der Waals surface area contributed by atoms with Gasteiger partial charge in [-0.3, -0.25) is 48.3 Å². The number of nitrogens with zero attached hydrogens (tertiary/aromatic N) is 25. The van der Waals surface area contributed by atoms with E-state index in [0.717, 1.165) is 282 Å². The van der Waals surface area contributed by atoms with E-state index in [-0.39, 0.29) is 24.9 Å². The van der Waals surface area contributed by atoms with Gasteiger partial charge in [-0.1, -0.05) is 0 Å². The minimum Gasteiger partial charge on any atom is -0.383 e. The lowest BCUT2D eigenvalue weighted by molar-refractivity contribution is -0.130. The maximum absolute atomic E-state index is 14.8. The van der Waals surface area contributed by atoms with Crippen LogP contribution in [0.15, 0.2) is 147 Å². The molecule has 0 radical (unpaired) electrons. The summed E-state index contributed by atoms with van der Waals surface area (Å²) in [7, 11) is 1.82. The van der Waals surface area contributed by atoms with Crippen molar-refractivity contribution in [2.24, 2.45) is 0 Å². The van der Waals surface area contributed by atoms with Gasteiger partial charge in [-0.05, 0) is 184 Å². The number of fused-ring (bicyclic) bond motifs is 14. The highest BCUT2D eigenvalue weighted by atomic mass is 19.1. The van der Waals surface area contributed by atoms with E-state index < -0.39 is 12.3 Å². The van der Waals surface area contributed by atoms with Crippen molar-refractivity contribution in [1.82, 2.24) is 128 Å². The van der Waals surface area contributed by atoms with Crippen molar-refractivity contribution < 1.29 is 18.4 Å². The van der Waals surface area contributed by atoms with Crippen LogP contribution in [0.3, 0.4) is 0 Å². The molecule has 0 fully saturated rings. The third-order valence-corrected chi connectivity index (χ3v) is 28.3. The number of imidazole rings is 2. The predicted octanol–water partition coefficient (Wildman–Crippen LogP) is 14.8. The van der Waals surface area contributed by atoms with Gasteiger partial charge in [0.15, 0.2) is 23.3 Å². The van der Waals surface area contributed by atoms with Gasteiger partial charge in [0.1, 0.15) is 83.6 Å². The first kappa shape index (κ1) is 89.8. The van der Waals surface area contributed by atoms with E-state index >= 15 is 0 Å². The van der Waals surface area contributed by atoms with Crippen LogP contribution in [-0.4, -0.2) is 168 Å². The lowest BCUT2D eigenvalue weighted by Crippen LogP contribution is -2.29. The molecule has 0 unspecified atom stereocenters. The summed E-state index contributed by atoms with van der Waals surface area (Å²) >= 11 is 0. The van der Waals surface area contributed by atoms with Crippen molar-refractivity contribution in [2.75, 3.05) is 88.1 Å². The second-order valence-corrected chi connectivity index (χ2v) is 37.5. The molecule has 2 atom stereocenters. The Morgan fingerprint density at radius 3 is 1.08 bits per heavy atom. The summed E-state index contributed by atoms with van der Waals surface area (Å²) < 4.78 is 41.3. The Kier molecular flexibility index (Phi) is 23.4. The van der Waals surface area contributed by atoms with Crippen LogP contribution >= 0.6 is 0 Å². The van der Waals surface area contributed by atoms with E-state index in [1.165, 1.54) is 0 Å². The van der Waals surface area contributed by atoms with Crippen LogP contribution in [0.25, 0.3) is 88.1 Å². The molecule has 2 amide bonds. The van der Waals surface area contributed by atoms with Crippen LogP contribution in [0.5, 0.6) is 0 Å². The molecule has 722 valence electrons. The van der Waals surface area contributed by atoms with Gasteiger partial charge in [0, 0.05) is 260 Å². The number of nitrogens with two attached hydrogens (primary N) is 4. The van der Waals surface area contributed by atoms with Gasteiger partial charge < -0.3 is 74.2 Å². The number of nitrogen functional groups attached to an aromatic ring is 4. The molecule has 0 saturated heterocycles. The van der Waals surface area contributed by atoms with E-state index in [2.05, 4.69) is 152 Å². The quantitative estimate of drug-likeness (QED) is 0.0541. The molecular formula is C103H104F2N36O2. The molecule has 38 nitrogen and oxygen atoms in total. The third-order valence-electron chi connectivity index (χ3n) is 28.3. The van der Waals surface area contributed by atoms with Crippen molar-refractivity contribution in [3.05, 3.63) is 238 Å². The van der Waals surface area contributed by atoms with E-state index in [9.17, 15) is 18.4 Å². The van der Waals surface area contributed by atoms with Crippen molar-refractivity contribution in [1.29, 1.82) is 0 Å². The number of likely N-dealkylation sites (N-methyl/N-ethyl adjacent to an activating group) is 1. The number of nitrogens with one attached hydrogen (secondary N) is 7. The molecule has 143 heavy (non-hydrogen) atoms. The first-order valence-electron chi connectivity index (χ1n) is 48.4. The Labute approximate surface area is 818 Å². The van der Waals surface area contributed by atoms with Crippen molar-refractivity contribution in [3.63, 3.8) is 0 Å². The second-order valence-electron chi connectivity index (χ2n) is 37.5. The number of alkyl halides is 2. The fourth-order valence-electron chi connectivity index (χ4n) is 20.7. The van der Waals surface area contributed by atoms with E-state index in [1.54, 1.807) is 51.4 Å². The summed E-state index contributed by atoms with van der Waals surface area (Å²) in [6.07, 6.45) is 31.7. The van der Waals surface area contributed by atoms with Gasteiger partial charge in [0.2, 0.25) is 11.8 Å². The number of carbonyl (C=O) groups excluding carboxylic acids is 2. The Hall–Kier alpha value is -17.1. The zero-order valence-corrected chi connectivity index (χ0v) is 79.5. The highest BCUT2D eigenvalue weighted by Gasteiger charge is 2.31. The molecule has 6 aliphatic heterocycles. The number of hydrogen-bond donors (Lipinski definition) is 11. The molecule has 40 heteroatoms. The molecule has 0 spiro atoms. The number of hydrogen-bond acceptors (Lipinski definition) is 30. The third kappa shape index (κ3) is 17.8. The Balaban J connectivity index is 0.000000106. The minimum atomic E-state index is -0.987. The smallest absolute Gasteiger partial charge is 0.244 e. The Morgan fingerprint density at radius 1 is 0.350 bits per heavy atom. The molecule has 8 aliphatic rings. The lowest BCUT2D eigenvalue weighted by Gasteiger charge is -2.22. The summed E-state index contributed by atoms with van der Waals surface area (Å²) in [5.74, 6) is 9.01. The van der Waals surface area contributed by atoms with Crippen LogP contribution in [0.2, 0.25) is 0 Å². The summed E-state index contributed by atoms with van der Waals surface area (Å²) in [6, 6.07) is 23.8. The summed E-state index contributed by atoms with van der Waals surface area (Å²) in [5.41, 5.74) is 47.7. The number of aryl methyl sites for hydroxylation is 8. The molecule has 18 aromatic rings. The molecule has 0 saturated carbocycles. The maximum Gasteiger partial charge on any atom is 0.244 e. The van der Waals surface area contributed by atoms with E-state index in [1.807, 2.05) is 128 Å². The topological polar surface area (TPSA) is 487 Å². The Bertz CT molecular complexity index is 7880. The van der Waals surface area contributed by atoms with Crippen LogP contribution in [0, 0.1) is 27.7 Å². The van der Waals surface area contributed by atoms with Gasteiger partial charge in [-0.2, -0.15) is 20.4 Å². The number of rotatable bonds is 12. The zero-order chi connectivity index (χ0) is 97.5. The molecule has 18 aromatic heterocycles. The van der Waals surface area contributed by atoms with Crippen molar-refractivity contribution in [3.8, 4) is 45.0 Å². The highest BCUT2D eigenvalue weighted by Crippen LogP contribution is 2.44. The van der Waals surface area contributed by atoms with Gasteiger partial charge in [-0.25, -0.2) is 58.6 Å². The highest BCUT2D eigenvalue weighted by molar-refractivity contribution is 5.99. The summed E-state index contributed by atoms with van der Waals surface area (Å²) in [5, 5.41) is 48.3. The monoisotopic (exact) mass is 1910 g/mol. The van der Waals surface area contributed by atoms with Crippen LogP contribution in [-0.2, 0) is 100 Å². The second kappa shape index (κ2) is 37.2. The first-order chi connectivity index (χ1) is 69.6. The number of anilines is 14. The Morgan fingerprint density at radius 2 is 0.692 bits per heavy atom. The largest absolute Gasteiger partial charge is 0.383 e. The fraction of sp³-hybridized carbons (Fsp3) is 0.301. The SMILES string of the molecule is Cc1c(-c2cc3cc(Nc4cc5n(n4)CC(=O)N(C)CC5)ncc3c(N)n2)cnc2c1NCCC2.Cc1c(-c2cc3cc(Nc4cc5n(n4)CC(=O)NCC5)ncc3c(N)n2)cnc2c1NCCC2.Cc1c(-c2cc3cc(Nc4cc5n(n4)Cc4nccn4CC5)ncc3c(N)n2)cnc2c1[C@@H](F)CCC2.Cc1c(-c2cc3cc(Nc4cc5n(n4)Cc4nccn4CC5)ncc3c(N)n2)cnc2c1[C@H](F)CCC2.